The van der Waals surface area contributed by atoms with E-state index in [2.05, 4.69) is 25.8 Å². The number of nitrogens with one attached hydrogen (secondary N) is 2. The lowest BCUT2D eigenvalue weighted by atomic mass is 9.79. The van der Waals surface area contributed by atoms with E-state index in [1.165, 1.54) is 14.2 Å². The van der Waals surface area contributed by atoms with Crippen LogP contribution in [0.4, 0.5) is 0 Å². The van der Waals surface area contributed by atoms with Gasteiger partial charge in [0.15, 0.2) is 23.0 Å². The van der Waals surface area contributed by atoms with Gasteiger partial charge in [0.25, 0.3) is 0 Å². The number of ether oxygens (including phenoxy) is 4. The van der Waals surface area contributed by atoms with E-state index in [9.17, 15) is 19.8 Å². The molecule has 0 radical (unpaired) electrons. The molecule has 0 bridgehead atoms. The van der Waals surface area contributed by atoms with E-state index in [0.29, 0.717) is 60.0 Å². The van der Waals surface area contributed by atoms with Gasteiger partial charge in [0.2, 0.25) is 23.6 Å². The Morgan fingerprint density at radius 2 is 1.23 bits per heavy atom. The van der Waals surface area contributed by atoms with E-state index < -0.39 is 7.12 Å². The molecule has 4 N–H and O–H groups in total. The number of methoxy groups -OCH3 is 2. The van der Waals surface area contributed by atoms with E-state index in [4.69, 9.17) is 44.8 Å². The summed E-state index contributed by atoms with van der Waals surface area (Å²) in [7, 11) is 6.26. The van der Waals surface area contributed by atoms with Gasteiger partial charge in [-0.3, -0.25) is 19.0 Å². The summed E-state index contributed by atoms with van der Waals surface area (Å²) in [6.07, 6.45) is 4.34. The average molecular weight is 927 g/mol. The summed E-state index contributed by atoms with van der Waals surface area (Å²) in [5, 5.41) is 35.8. The molecule has 7 heterocycles. The summed E-state index contributed by atoms with van der Waals surface area (Å²) in [6.45, 7) is 13.1. The third kappa shape index (κ3) is 10.5. The zero-order valence-corrected chi connectivity index (χ0v) is 39.5. The first-order valence-electron chi connectivity index (χ1n) is 21.5. The summed E-state index contributed by atoms with van der Waals surface area (Å²) >= 11 is 5.99. The molecule has 2 amide bonds. The summed E-state index contributed by atoms with van der Waals surface area (Å²) in [6, 6.07) is 13.7. The van der Waals surface area contributed by atoms with E-state index in [1.807, 2.05) is 74.1 Å². The number of aromatic hydroxyl groups is 2. The molecule has 3 aliphatic heterocycles. The van der Waals surface area contributed by atoms with Crippen LogP contribution in [0, 0.1) is 11.8 Å². The van der Waals surface area contributed by atoms with Gasteiger partial charge in [0.05, 0.1) is 47.4 Å². The third-order valence-electron chi connectivity index (χ3n) is 12.3. The van der Waals surface area contributed by atoms with Crippen molar-refractivity contribution < 1.29 is 48.1 Å². The molecule has 350 valence electrons. The van der Waals surface area contributed by atoms with Crippen molar-refractivity contribution in [2.75, 3.05) is 27.3 Å². The highest BCUT2D eigenvalue weighted by atomic mass is 35.5. The molecule has 0 spiro atoms. The Kier molecular flexibility index (Phi) is 13.9. The molecule has 18 nitrogen and oxygen atoms in total. The lowest BCUT2D eigenvalue weighted by Crippen LogP contribution is -2.41. The predicted octanol–water partition coefficient (Wildman–Crippen LogP) is 5.48. The number of hydrogen-bond acceptors (Lipinski definition) is 14. The van der Waals surface area contributed by atoms with Crippen LogP contribution in [0.3, 0.4) is 0 Å². The van der Waals surface area contributed by atoms with Crippen molar-refractivity contribution in [3.8, 4) is 46.0 Å². The molecule has 0 aliphatic carbocycles. The number of phenols is 2. The van der Waals surface area contributed by atoms with Gasteiger partial charge in [0, 0.05) is 75.9 Å². The molecule has 2 aromatic carbocycles. The summed E-state index contributed by atoms with van der Waals surface area (Å²) < 4.78 is 37.7. The second-order valence-electron chi connectivity index (χ2n) is 17.6. The Bertz CT molecular complexity index is 2730. The zero-order chi connectivity index (χ0) is 47.7. The molecular weight excluding hydrogens is 871 g/mol. The van der Waals surface area contributed by atoms with Gasteiger partial charge in [0.1, 0.15) is 22.9 Å². The Morgan fingerprint density at radius 1 is 0.742 bits per heavy atom. The number of carbonyl (C=O) groups is 2. The smallest absolute Gasteiger partial charge is 0.494 e. The van der Waals surface area contributed by atoms with Crippen molar-refractivity contribution in [3.05, 3.63) is 66.1 Å². The van der Waals surface area contributed by atoms with Crippen LogP contribution >= 0.6 is 11.6 Å². The number of rotatable bonds is 10. The Morgan fingerprint density at radius 3 is 1.73 bits per heavy atom. The number of carbonyl (C=O) groups excluding carboxylic acids is 2. The fraction of sp³-hybridized carbons (Fsp3) is 0.435. The number of nitrogens with zero attached hydrogens (tertiary/aromatic N) is 6. The highest BCUT2D eigenvalue weighted by molar-refractivity contribution is 6.62. The minimum atomic E-state index is -0.440. The molecule has 0 unspecified atom stereocenters. The summed E-state index contributed by atoms with van der Waals surface area (Å²) in [5.41, 5.74) is 3.02. The van der Waals surface area contributed by atoms with Gasteiger partial charge in [-0.15, -0.1) is 0 Å². The lowest BCUT2D eigenvalue weighted by molar-refractivity contribution is -0.120. The highest BCUT2D eigenvalue weighted by Crippen LogP contribution is 2.38. The number of fused-ring (bicyclic) bond motifs is 2. The van der Waals surface area contributed by atoms with Crippen LogP contribution in [0.2, 0.25) is 5.15 Å². The second kappa shape index (κ2) is 19.3. The van der Waals surface area contributed by atoms with Crippen molar-refractivity contribution >= 4 is 57.8 Å². The Labute approximate surface area is 388 Å². The minimum absolute atomic E-state index is 0.0462. The van der Waals surface area contributed by atoms with Gasteiger partial charge < -0.3 is 49.1 Å². The second-order valence-corrected chi connectivity index (χ2v) is 18.0. The van der Waals surface area contributed by atoms with Crippen molar-refractivity contribution in [2.24, 2.45) is 25.9 Å². The fourth-order valence-corrected chi connectivity index (χ4v) is 7.82. The van der Waals surface area contributed by atoms with Crippen LogP contribution in [0.5, 0.6) is 34.8 Å². The molecular formula is C46H56BClN8O10. The molecule has 4 atom stereocenters. The Balaban J connectivity index is 0.000000152. The number of pyridine rings is 2. The van der Waals surface area contributed by atoms with Gasteiger partial charge >= 0.3 is 7.12 Å². The molecule has 4 aromatic heterocycles. The molecule has 3 aliphatic rings. The molecule has 0 saturated carbocycles. The van der Waals surface area contributed by atoms with Gasteiger partial charge in [-0.1, -0.05) is 17.7 Å². The van der Waals surface area contributed by atoms with Crippen LogP contribution in [0.15, 0.2) is 60.9 Å². The molecule has 3 saturated heterocycles. The largest absolute Gasteiger partial charge is 0.504 e. The fourth-order valence-electron chi connectivity index (χ4n) is 7.64. The van der Waals surface area contributed by atoms with E-state index in [1.54, 1.807) is 51.8 Å². The first-order chi connectivity index (χ1) is 31.2. The quantitative estimate of drug-likeness (QED) is 0.0990. The number of benzene rings is 2. The highest BCUT2D eigenvalue weighted by Gasteiger charge is 2.51. The van der Waals surface area contributed by atoms with Crippen LogP contribution in [0.25, 0.3) is 33.1 Å². The summed E-state index contributed by atoms with van der Waals surface area (Å²) in [4.78, 5) is 31.7. The third-order valence-corrected chi connectivity index (χ3v) is 12.5. The number of amides is 2. The van der Waals surface area contributed by atoms with E-state index in [-0.39, 0.29) is 58.6 Å². The first-order valence-corrected chi connectivity index (χ1v) is 21.9. The standard InChI is InChI=1S/C20H22N4O4.C13H19BO4.C13H15ClN4O2/c1-11(13-7-19(26)21-9-13)28-20-14-10-24(2)23-16(14)8-15(22-20)12-4-5-17(25)18(6-12)27-3;1-12(2)13(3,4)18-14(17-12)9-6-7-10(15)11(8-9)16-5;1-7(8-3-12(19)15-5-8)20-13-9-6-18(2)17-10(9)4-11(14)16-13/h4-6,8,10-11,13,25H,7,9H2,1-3H3,(H,21,26);6-8,15H,1-5H3;4,6-8H,3,5H2,1-2H3,(H,15,19)/t11-,13-;;7-,8-/m1.1/s1. The average Bonchev–Trinajstić information content (AvgIpc) is 4.10. The molecule has 9 rings (SSSR count). The zero-order valence-electron chi connectivity index (χ0n) is 38.7. The molecule has 6 aromatic rings. The SMILES string of the molecule is COc1cc(-c2cc3nn(C)cc3c(O[C@H](C)[C@H]3CNC(=O)C3)n2)ccc1O.COc1cc(B2OC(C)(C)C(C)(C)O2)ccc1O.C[C@@H](Oc1nc(Cl)cc2nn(C)cc12)[C@H]1CNC(=O)C1. The van der Waals surface area contributed by atoms with Crippen molar-refractivity contribution in [3.63, 3.8) is 0 Å². The maximum atomic E-state index is 11.5. The predicted molar refractivity (Wildman–Crippen MR) is 248 cm³/mol. The number of phenolic OH excluding ortho intramolecular Hbond substituents is 2. The lowest BCUT2D eigenvalue weighted by Gasteiger charge is -2.32. The van der Waals surface area contributed by atoms with Crippen LogP contribution < -0.4 is 35.0 Å². The van der Waals surface area contributed by atoms with Crippen molar-refractivity contribution in [1.29, 1.82) is 0 Å². The van der Waals surface area contributed by atoms with Gasteiger partial charge in [-0.2, -0.15) is 10.2 Å². The van der Waals surface area contributed by atoms with Gasteiger partial charge in [-0.05, 0) is 83.4 Å². The van der Waals surface area contributed by atoms with Gasteiger partial charge in [-0.25, -0.2) is 9.97 Å². The maximum absolute atomic E-state index is 11.5. The Hall–Kier alpha value is -6.31. The normalized spacial score (nSPS) is 19.3. The molecule has 3 fully saturated rings. The monoisotopic (exact) mass is 926 g/mol. The van der Waals surface area contributed by atoms with E-state index >= 15 is 0 Å². The minimum Gasteiger partial charge on any atom is -0.504 e. The van der Waals surface area contributed by atoms with Crippen LogP contribution in [-0.2, 0) is 33.0 Å². The maximum Gasteiger partial charge on any atom is 0.494 e. The topological polar surface area (TPSA) is 215 Å². The number of halogens is 1. The number of hydrogen-bond donors (Lipinski definition) is 4. The van der Waals surface area contributed by atoms with Crippen molar-refractivity contribution in [1.82, 2.24) is 40.2 Å². The molecule has 20 heteroatoms. The first kappa shape index (κ1) is 47.7. The number of aromatic nitrogens is 6. The molecule has 66 heavy (non-hydrogen) atoms. The van der Waals surface area contributed by atoms with E-state index in [0.717, 1.165) is 32.8 Å². The number of aryl methyl sites for hydroxylation is 2. The van der Waals surface area contributed by atoms with Crippen LogP contribution in [-0.4, -0.2) is 109 Å². The van der Waals surface area contributed by atoms with Crippen molar-refractivity contribution in [2.45, 2.75) is 77.8 Å². The van der Waals surface area contributed by atoms with Crippen LogP contribution in [0.1, 0.15) is 54.4 Å². The summed E-state index contributed by atoms with van der Waals surface area (Å²) in [5.74, 6) is 2.25.